The second-order valence-electron chi connectivity index (χ2n) is 8.56. The minimum absolute atomic E-state index is 0.0989. The summed E-state index contributed by atoms with van der Waals surface area (Å²) in [5, 5.41) is 12.8. The van der Waals surface area contributed by atoms with E-state index in [2.05, 4.69) is 20.2 Å². The van der Waals surface area contributed by atoms with Crippen LogP contribution in [-0.2, 0) is 4.79 Å². The van der Waals surface area contributed by atoms with Crippen molar-refractivity contribution in [3.63, 3.8) is 0 Å². The molecule has 1 aromatic heterocycles. The molecule has 0 radical (unpaired) electrons. The van der Waals surface area contributed by atoms with Crippen LogP contribution in [0.15, 0.2) is 6.07 Å². The molecule has 3 fully saturated rings. The van der Waals surface area contributed by atoms with Gasteiger partial charge >= 0.3 is 12.0 Å². The molecule has 0 bridgehead atoms. The number of likely N-dealkylation sites (tertiary alicyclic amines) is 1. The molecule has 1 saturated carbocycles. The zero-order valence-electron chi connectivity index (χ0n) is 16.6. The van der Waals surface area contributed by atoms with Crippen LogP contribution in [0.2, 0.25) is 0 Å². The third-order valence-electron chi connectivity index (χ3n) is 6.68. The summed E-state index contributed by atoms with van der Waals surface area (Å²) >= 11 is 0. The van der Waals surface area contributed by atoms with Crippen LogP contribution in [0, 0.1) is 25.2 Å². The Morgan fingerprint density at radius 1 is 1.21 bits per heavy atom. The minimum Gasteiger partial charge on any atom is -0.481 e. The van der Waals surface area contributed by atoms with Gasteiger partial charge in [-0.05, 0) is 45.4 Å². The normalized spacial score (nSPS) is 27.7. The van der Waals surface area contributed by atoms with E-state index in [9.17, 15) is 14.7 Å². The predicted octanol–water partition coefficient (Wildman–Crippen LogP) is 1.96. The summed E-state index contributed by atoms with van der Waals surface area (Å²) in [6.45, 7) is 6.46. The highest BCUT2D eigenvalue weighted by Gasteiger charge is 2.55. The molecule has 28 heavy (non-hydrogen) atoms. The van der Waals surface area contributed by atoms with Crippen molar-refractivity contribution in [3.05, 3.63) is 17.6 Å². The van der Waals surface area contributed by atoms with Gasteiger partial charge in [-0.15, -0.1) is 0 Å². The van der Waals surface area contributed by atoms with Crippen molar-refractivity contribution in [1.82, 2.24) is 20.2 Å². The van der Waals surface area contributed by atoms with Gasteiger partial charge in [0.1, 0.15) is 11.6 Å². The summed E-state index contributed by atoms with van der Waals surface area (Å²) in [7, 11) is 0. The molecule has 8 heteroatoms. The smallest absolute Gasteiger partial charge is 0.317 e. The number of nitrogens with zero attached hydrogens (tertiary/aromatic N) is 4. The van der Waals surface area contributed by atoms with Gasteiger partial charge in [0.25, 0.3) is 0 Å². The zero-order chi connectivity index (χ0) is 19.9. The maximum atomic E-state index is 12.7. The molecule has 152 valence electrons. The van der Waals surface area contributed by atoms with Crippen LogP contribution in [0.4, 0.5) is 10.6 Å². The van der Waals surface area contributed by atoms with Crippen LogP contribution in [-0.4, -0.2) is 64.2 Å². The van der Waals surface area contributed by atoms with Gasteiger partial charge in [0, 0.05) is 44.0 Å². The average molecular weight is 387 g/mol. The van der Waals surface area contributed by atoms with Gasteiger partial charge < -0.3 is 20.2 Å². The summed E-state index contributed by atoms with van der Waals surface area (Å²) in [5.41, 5.74) is 0.244. The maximum absolute atomic E-state index is 12.7. The lowest BCUT2D eigenvalue weighted by atomic mass is 9.81. The molecule has 3 heterocycles. The van der Waals surface area contributed by atoms with E-state index >= 15 is 0 Å². The summed E-state index contributed by atoms with van der Waals surface area (Å²) in [6, 6.07) is 2.01. The third kappa shape index (κ3) is 3.40. The Hall–Kier alpha value is -2.38. The fraction of sp³-hybridized carbons (Fsp3) is 0.700. The molecule has 3 aliphatic rings. The number of aliphatic carboxylic acids is 1. The van der Waals surface area contributed by atoms with Crippen molar-refractivity contribution < 1.29 is 14.7 Å². The van der Waals surface area contributed by atoms with Crippen LogP contribution >= 0.6 is 0 Å². The fourth-order valence-electron chi connectivity index (χ4n) is 5.17. The standard InChI is InChI=1S/C20H29N5O3/c1-13-10-17(22-14(2)21-13)24-8-5-16(6-9-24)23-19(28)25-11-15-4-3-7-20(15,12-25)18(26)27/h10,15-16H,3-9,11-12H2,1-2H3,(H,23,28)(H,26,27)/t15-,20+/m0/s1. The van der Waals surface area contributed by atoms with Crippen molar-refractivity contribution in [2.24, 2.45) is 11.3 Å². The first-order valence-electron chi connectivity index (χ1n) is 10.2. The number of carboxylic acid groups (broad SMARTS) is 1. The first kappa shape index (κ1) is 19.0. The minimum atomic E-state index is -0.742. The number of hydrogen-bond donors (Lipinski definition) is 2. The van der Waals surface area contributed by atoms with Gasteiger partial charge in [-0.2, -0.15) is 0 Å². The number of amides is 2. The second-order valence-corrected chi connectivity index (χ2v) is 8.56. The molecule has 1 aromatic rings. The summed E-state index contributed by atoms with van der Waals surface area (Å²) in [5.74, 6) is 1.08. The summed E-state index contributed by atoms with van der Waals surface area (Å²) in [6.07, 6.45) is 4.26. The number of carbonyl (C=O) groups excluding carboxylic acids is 1. The number of aryl methyl sites for hydroxylation is 2. The van der Waals surface area contributed by atoms with E-state index in [1.807, 2.05) is 19.9 Å². The van der Waals surface area contributed by atoms with Crippen LogP contribution in [0.25, 0.3) is 0 Å². The number of aromatic nitrogens is 2. The second kappa shape index (κ2) is 7.22. The first-order valence-corrected chi connectivity index (χ1v) is 10.2. The number of carbonyl (C=O) groups is 2. The third-order valence-corrected chi connectivity index (χ3v) is 6.68. The van der Waals surface area contributed by atoms with E-state index in [1.54, 1.807) is 4.90 Å². The van der Waals surface area contributed by atoms with Gasteiger partial charge in [0.05, 0.1) is 5.41 Å². The molecule has 2 aliphatic heterocycles. The van der Waals surface area contributed by atoms with Crippen molar-refractivity contribution in [1.29, 1.82) is 0 Å². The Morgan fingerprint density at radius 3 is 2.61 bits per heavy atom. The van der Waals surface area contributed by atoms with E-state index in [0.29, 0.717) is 19.5 Å². The average Bonchev–Trinajstić information content (AvgIpc) is 3.20. The Balaban J connectivity index is 1.32. The van der Waals surface area contributed by atoms with Crippen LogP contribution in [0.3, 0.4) is 0 Å². The molecule has 2 amide bonds. The van der Waals surface area contributed by atoms with E-state index in [1.165, 1.54) is 0 Å². The number of nitrogens with one attached hydrogen (secondary N) is 1. The lowest BCUT2D eigenvalue weighted by Gasteiger charge is -2.34. The lowest BCUT2D eigenvalue weighted by Crippen LogP contribution is -2.49. The molecule has 2 atom stereocenters. The van der Waals surface area contributed by atoms with Crippen molar-refractivity contribution in [2.75, 3.05) is 31.1 Å². The highest BCUT2D eigenvalue weighted by molar-refractivity contribution is 5.80. The molecule has 1 aliphatic carbocycles. The van der Waals surface area contributed by atoms with Gasteiger partial charge in [-0.1, -0.05) is 6.42 Å². The Labute approximate surface area is 165 Å². The summed E-state index contributed by atoms with van der Waals surface area (Å²) in [4.78, 5) is 37.4. The molecule has 2 saturated heterocycles. The highest BCUT2D eigenvalue weighted by atomic mass is 16.4. The SMILES string of the molecule is Cc1cc(N2CCC(NC(=O)N3C[C@@H]4CCC[C@@]4(C(=O)O)C3)CC2)nc(C)n1. The Kier molecular flexibility index (Phi) is 4.89. The number of piperidine rings is 1. The number of fused-ring (bicyclic) bond motifs is 1. The molecule has 2 N–H and O–H groups in total. The van der Waals surface area contributed by atoms with E-state index in [0.717, 1.165) is 56.1 Å². The topological polar surface area (TPSA) is 98.7 Å². The number of urea groups is 1. The van der Waals surface area contributed by atoms with Gasteiger partial charge in [0.2, 0.25) is 0 Å². The molecule has 0 spiro atoms. The van der Waals surface area contributed by atoms with Gasteiger partial charge in [-0.3, -0.25) is 4.79 Å². The largest absolute Gasteiger partial charge is 0.481 e. The monoisotopic (exact) mass is 387 g/mol. The zero-order valence-corrected chi connectivity index (χ0v) is 16.6. The van der Waals surface area contributed by atoms with Crippen molar-refractivity contribution in [2.45, 2.75) is 52.0 Å². The summed E-state index contributed by atoms with van der Waals surface area (Å²) < 4.78 is 0. The van der Waals surface area contributed by atoms with E-state index in [4.69, 9.17) is 0 Å². The van der Waals surface area contributed by atoms with E-state index in [-0.39, 0.29) is 18.0 Å². The van der Waals surface area contributed by atoms with Crippen LogP contribution in [0.5, 0.6) is 0 Å². The van der Waals surface area contributed by atoms with Crippen molar-refractivity contribution >= 4 is 17.8 Å². The lowest BCUT2D eigenvalue weighted by molar-refractivity contribution is -0.149. The van der Waals surface area contributed by atoms with Gasteiger partial charge in [0.15, 0.2) is 0 Å². The number of carboxylic acids is 1. The first-order chi connectivity index (χ1) is 13.4. The Morgan fingerprint density at radius 2 is 1.96 bits per heavy atom. The van der Waals surface area contributed by atoms with Crippen molar-refractivity contribution in [3.8, 4) is 0 Å². The molecule has 0 unspecified atom stereocenters. The number of hydrogen-bond acceptors (Lipinski definition) is 5. The highest BCUT2D eigenvalue weighted by Crippen LogP contribution is 2.48. The number of anilines is 1. The molecule has 4 rings (SSSR count). The van der Waals surface area contributed by atoms with Crippen LogP contribution < -0.4 is 10.2 Å². The maximum Gasteiger partial charge on any atom is 0.317 e. The molecule has 0 aromatic carbocycles. The molecular weight excluding hydrogens is 358 g/mol. The molecule has 8 nitrogen and oxygen atoms in total. The quantitative estimate of drug-likeness (QED) is 0.823. The van der Waals surface area contributed by atoms with Gasteiger partial charge in [-0.25, -0.2) is 14.8 Å². The number of rotatable bonds is 3. The fourth-order valence-corrected chi connectivity index (χ4v) is 5.17. The Bertz CT molecular complexity index is 757. The van der Waals surface area contributed by atoms with E-state index < -0.39 is 11.4 Å². The van der Waals surface area contributed by atoms with Crippen LogP contribution in [0.1, 0.15) is 43.6 Å². The molecular formula is C20H29N5O3. The predicted molar refractivity (Wildman–Crippen MR) is 104 cm³/mol.